The predicted molar refractivity (Wildman–Crippen MR) is 206 cm³/mol. The molecule has 3 amide bonds. The number of halogens is 4. The molecule has 0 unspecified atom stereocenters. The van der Waals surface area contributed by atoms with E-state index in [4.69, 9.17) is 11.6 Å². The van der Waals surface area contributed by atoms with Crippen LogP contribution in [0.1, 0.15) is 39.5 Å². The lowest BCUT2D eigenvalue weighted by atomic mass is 9.90. The molecule has 0 spiro atoms. The number of piperazine rings is 1. The normalized spacial score (nSPS) is 20.1. The fourth-order valence-electron chi connectivity index (χ4n) is 8.03. The Hall–Kier alpha value is -5.53. The maximum Gasteiger partial charge on any atom is 0.435 e. The second-order valence-corrected chi connectivity index (χ2v) is 15.5. The van der Waals surface area contributed by atoms with Gasteiger partial charge in [-0.3, -0.25) is 14.4 Å². The number of nitrogens with one attached hydrogen (secondary N) is 3. The van der Waals surface area contributed by atoms with Crippen molar-refractivity contribution >= 4 is 46.8 Å². The van der Waals surface area contributed by atoms with Gasteiger partial charge in [0.15, 0.2) is 18.1 Å². The van der Waals surface area contributed by atoms with Crippen LogP contribution in [0.25, 0.3) is 16.9 Å². The molecule has 3 aliphatic rings. The smallest absolute Gasteiger partial charge is 0.435 e. The van der Waals surface area contributed by atoms with Gasteiger partial charge in [-0.1, -0.05) is 11.6 Å². The van der Waals surface area contributed by atoms with Crippen molar-refractivity contribution in [2.75, 3.05) is 83.1 Å². The second-order valence-electron chi connectivity index (χ2n) is 15.1. The van der Waals surface area contributed by atoms with Crippen LogP contribution in [0.2, 0.25) is 5.02 Å². The number of benzene rings is 1. The molecule has 0 atom stereocenters. The first-order valence-corrected chi connectivity index (χ1v) is 19.3. The molecular weight excluding hydrogens is 783 g/mol. The lowest BCUT2D eigenvalue weighted by Crippen LogP contribution is -2.62. The van der Waals surface area contributed by atoms with Gasteiger partial charge in [0.25, 0.3) is 11.8 Å². The van der Waals surface area contributed by atoms with Crippen molar-refractivity contribution in [3.05, 3.63) is 71.0 Å². The first-order chi connectivity index (χ1) is 27.6. The van der Waals surface area contributed by atoms with E-state index >= 15 is 0 Å². The SMILES string of the molecule is CNc1ccc(-n2cc(-c3cnc(C(=O)Nc4ccc(C(=O)N5CCN(C(=O)C6CC[N+](CC(=O)O)(CC7CNC7)CC6)CC5)c(Cl)c4)n3C)c(C(F)(F)F)n2)cn1. The first-order valence-electron chi connectivity index (χ1n) is 18.9. The summed E-state index contributed by atoms with van der Waals surface area (Å²) in [5.74, 6) is -1.23. The van der Waals surface area contributed by atoms with Gasteiger partial charge in [-0.25, -0.2) is 19.4 Å². The summed E-state index contributed by atoms with van der Waals surface area (Å²) in [4.78, 5) is 63.7. The molecule has 7 rings (SSSR count). The van der Waals surface area contributed by atoms with Crippen LogP contribution in [-0.2, 0) is 22.8 Å². The monoisotopic (exact) mass is 826 g/mol. The van der Waals surface area contributed by atoms with Crippen molar-refractivity contribution in [3.8, 4) is 16.9 Å². The minimum Gasteiger partial charge on any atom is -0.477 e. The molecule has 1 aromatic carbocycles. The Morgan fingerprint density at radius 1 is 1.00 bits per heavy atom. The van der Waals surface area contributed by atoms with Gasteiger partial charge < -0.3 is 39.9 Å². The minimum atomic E-state index is -4.81. The molecule has 0 saturated carbocycles. The quantitative estimate of drug-likeness (QED) is 0.164. The van der Waals surface area contributed by atoms with E-state index in [0.29, 0.717) is 74.0 Å². The van der Waals surface area contributed by atoms with Crippen LogP contribution >= 0.6 is 11.6 Å². The van der Waals surface area contributed by atoms with Crippen molar-refractivity contribution in [1.29, 1.82) is 0 Å². The van der Waals surface area contributed by atoms with Gasteiger partial charge in [0.2, 0.25) is 5.91 Å². The van der Waals surface area contributed by atoms with Crippen molar-refractivity contribution in [1.82, 2.24) is 39.4 Å². The van der Waals surface area contributed by atoms with Crippen molar-refractivity contribution in [2.24, 2.45) is 18.9 Å². The van der Waals surface area contributed by atoms with Gasteiger partial charge in [-0.15, -0.1) is 0 Å². The summed E-state index contributed by atoms with van der Waals surface area (Å²) in [6.07, 6.45) is 0.175. The van der Waals surface area contributed by atoms with Crippen LogP contribution < -0.4 is 16.0 Å². The highest BCUT2D eigenvalue weighted by atomic mass is 35.5. The van der Waals surface area contributed by atoms with E-state index in [1.165, 1.54) is 42.2 Å². The molecule has 4 N–H and O–H groups in total. The van der Waals surface area contributed by atoms with Crippen LogP contribution in [0.15, 0.2) is 48.9 Å². The Kier molecular flexibility index (Phi) is 11.5. The molecule has 0 radical (unpaired) electrons. The number of imidazole rings is 1. The predicted octanol–water partition coefficient (Wildman–Crippen LogP) is 3.45. The molecule has 58 heavy (non-hydrogen) atoms. The zero-order valence-corrected chi connectivity index (χ0v) is 32.7. The van der Waals surface area contributed by atoms with E-state index in [2.05, 4.69) is 31.0 Å². The molecule has 6 heterocycles. The van der Waals surface area contributed by atoms with E-state index in [-0.39, 0.29) is 57.6 Å². The van der Waals surface area contributed by atoms with Gasteiger partial charge in [0.1, 0.15) is 5.82 Å². The number of alkyl halides is 3. The number of likely N-dealkylation sites (tertiary alicyclic amines) is 1. The number of piperidine rings is 1. The molecule has 0 aliphatic carbocycles. The van der Waals surface area contributed by atoms with E-state index in [0.717, 1.165) is 30.5 Å². The third-order valence-corrected chi connectivity index (χ3v) is 11.6. The molecule has 16 nitrogen and oxygen atoms in total. The van der Waals surface area contributed by atoms with Gasteiger partial charge in [0, 0.05) is 89.9 Å². The number of rotatable bonds is 11. The topological polar surface area (TPSA) is 180 Å². The summed E-state index contributed by atoms with van der Waals surface area (Å²) in [6, 6.07) is 7.54. The van der Waals surface area contributed by atoms with Gasteiger partial charge >= 0.3 is 12.1 Å². The highest BCUT2D eigenvalue weighted by Gasteiger charge is 2.42. The standard InChI is InChI=1S/C38H43ClF3N11O5/c1-43-31-6-4-26(18-45-31)52-20-28(33(48-52)38(40,41)42)30-19-46-34(49(30)2)35(56)47-25-3-5-27(29(39)15-25)37(58)51-11-9-50(10-12-51)36(57)24-7-13-53(14-8-24,22-32(54)55)21-23-16-44-17-23/h3-6,15,18-20,23-24,44H,7-14,16-17,21-22H2,1-2H3,(H2-,43,45,47,54,55,56,58)/p+1. The average molecular weight is 827 g/mol. The average Bonchev–Trinajstić information content (AvgIpc) is 3.80. The molecule has 4 aromatic rings. The number of anilines is 2. The lowest BCUT2D eigenvalue weighted by molar-refractivity contribution is -0.929. The Labute approximate surface area is 336 Å². The molecule has 3 fully saturated rings. The summed E-state index contributed by atoms with van der Waals surface area (Å²) in [5.41, 5.74) is -0.732. The third-order valence-electron chi connectivity index (χ3n) is 11.3. The zero-order valence-electron chi connectivity index (χ0n) is 31.9. The Morgan fingerprint density at radius 2 is 1.71 bits per heavy atom. The first kappa shape index (κ1) is 40.7. The molecular formula is C38H44ClF3N11O5+. The molecule has 3 saturated heterocycles. The van der Waals surface area contributed by atoms with E-state index < -0.39 is 23.7 Å². The van der Waals surface area contributed by atoms with Crippen molar-refractivity contribution in [2.45, 2.75) is 19.0 Å². The highest BCUT2D eigenvalue weighted by molar-refractivity contribution is 6.34. The second kappa shape index (κ2) is 16.4. The number of carbonyl (C=O) groups excluding carboxylic acids is 3. The number of hydrogen-bond acceptors (Lipinski definition) is 9. The number of nitrogens with zero attached hydrogens (tertiary/aromatic N) is 8. The number of carbonyl (C=O) groups is 4. The number of pyridine rings is 1. The minimum absolute atomic E-state index is 0.00256. The van der Waals surface area contributed by atoms with Crippen LogP contribution in [0, 0.1) is 11.8 Å². The molecule has 308 valence electrons. The molecule has 20 heteroatoms. The largest absolute Gasteiger partial charge is 0.477 e. The molecule has 0 bridgehead atoms. The highest BCUT2D eigenvalue weighted by Crippen LogP contribution is 2.37. The van der Waals surface area contributed by atoms with Crippen LogP contribution in [-0.4, -0.2) is 140 Å². The van der Waals surface area contributed by atoms with Gasteiger partial charge in [-0.2, -0.15) is 18.3 Å². The summed E-state index contributed by atoms with van der Waals surface area (Å²) in [6.45, 7) is 5.27. The van der Waals surface area contributed by atoms with Crippen molar-refractivity contribution in [3.63, 3.8) is 0 Å². The van der Waals surface area contributed by atoms with Crippen LogP contribution in [0.3, 0.4) is 0 Å². The fourth-order valence-corrected chi connectivity index (χ4v) is 8.30. The number of amides is 3. The third kappa shape index (κ3) is 8.51. The van der Waals surface area contributed by atoms with Crippen LogP contribution in [0.5, 0.6) is 0 Å². The summed E-state index contributed by atoms with van der Waals surface area (Å²) in [5, 5.41) is 22.2. The number of carboxylic acid groups (broad SMARTS) is 1. The van der Waals surface area contributed by atoms with E-state index in [1.54, 1.807) is 29.0 Å². The van der Waals surface area contributed by atoms with Gasteiger partial charge in [0.05, 0.1) is 59.6 Å². The number of hydrogen-bond donors (Lipinski definition) is 4. The molecule has 3 aliphatic heterocycles. The molecule has 3 aromatic heterocycles. The Bertz CT molecular complexity index is 2190. The summed E-state index contributed by atoms with van der Waals surface area (Å²) >= 11 is 6.55. The summed E-state index contributed by atoms with van der Waals surface area (Å²) in [7, 11) is 3.08. The number of aliphatic carboxylic acids is 1. The Balaban J connectivity index is 0.956. The van der Waals surface area contributed by atoms with Gasteiger partial charge in [-0.05, 0) is 30.3 Å². The maximum absolute atomic E-state index is 14.1. The van der Waals surface area contributed by atoms with Crippen LogP contribution in [0.4, 0.5) is 24.7 Å². The van der Waals surface area contributed by atoms with E-state index in [1.807, 2.05) is 0 Å². The zero-order chi connectivity index (χ0) is 41.4. The number of aromatic nitrogens is 5. The Morgan fingerprint density at radius 3 is 2.29 bits per heavy atom. The number of carboxylic acids is 1. The summed E-state index contributed by atoms with van der Waals surface area (Å²) < 4.78 is 45.2. The fraction of sp³-hybridized carbons (Fsp3) is 0.447. The van der Waals surface area contributed by atoms with Crippen molar-refractivity contribution < 1.29 is 41.9 Å². The lowest BCUT2D eigenvalue weighted by Gasteiger charge is -2.46. The van der Waals surface area contributed by atoms with E-state index in [9.17, 15) is 37.5 Å². The number of quaternary nitrogens is 1. The maximum atomic E-state index is 14.1.